The number of carbonyl (C=O) groups is 1. The van der Waals surface area contributed by atoms with Gasteiger partial charge in [0.2, 0.25) is 0 Å². The van der Waals surface area contributed by atoms with Gasteiger partial charge in [-0.2, -0.15) is 5.10 Å². The molecule has 2 N–H and O–H groups in total. The Balaban J connectivity index is 1.91. The highest BCUT2D eigenvalue weighted by molar-refractivity contribution is 5.75. The van der Waals surface area contributed by atoms with Gasteiger partial charge in [-0.15, -0.1) is 0 Å². The van der Waals surface area contributed by atoms with Gasteiger partial charge in [0.05, 0.1) is 24.2 Å². The smallest absolute Gasteiger partial charge is 0.322 e. The van der Waals surface area contributed by atoms with E-state index < -0.39 is 12.0 Å². The van der Waals surface area contributed by atoms with Crippen LogP contribution in [0.4, 0.5) is 0 Å². The lowest BCUT2D eigenvalue weighted by atomic mass is 10.1. The Morgan fingerprint density at radius 1 is 1.12 bits per heavy atom. The summed E-state index contributed by atoms with van der Waals surface area (Å²) in [6.07, 6.45) is 1.10. The molecular formula is C20H21N3O2. The fraction of sp³-hybridized carbons (Fsp3) is 0.200. The van der Waals surface area contributed by atoms with Gasteiger partial charge in [-0.3, -0.25) is 4.79 Å². The molecule has 0 aliphatic rings. The molecular weight excluding hydrogens is 314 g/mol. The molecule has 0 spiro atoms. The van der Waals surface area contributed by atoms with Crippen LogP contribution in [0, 0.1) is 0 Å². The number of aryl methyl sites for hydroxylation is 1. The average molecular weight is 335 g/mol. The van der Waals surface area contributed by atoms with Crippen LogP contribution in [0.2, 0.25) is 0 Å². The first kappa shape index (κ1) is 16.9. The van der Waals surface area contributed by atoms with Crippen LogP contribution in [-0.2, 0) is 16.0 Å². The van der Waals surface area contributed by atoms with Crippen molar-refractivity contribution in [3.8, 4) is 16.9 Å². The van der Waals surface area contributed by atoms with Crippen molar-refractivity contribution in [2.45, 2.75) is 18.9 Å². The summed E-state index contributed by atoms with van der Waals surface area (Å²) in [5.41, 5.74) is 9.81. The molecule has 1 aromatic heterocycles. The molecule has 0 bridgehead atoms. The zero-order valence-corrected chi connectivity index (χ0v) is 14.1. The number of rotatable bonds is 6. The minimum absolute atomic E-state index is 0.397. The van der Waals surface area contributed by atoms with Crippen molar-refractivity contribution >= 4 is 5.97 Å². The molecule has 0 unspecified atom stereocenters. The number of ether oxygens (including phenoxy) is 1. The van der Waals surface area contributed by atoms with Crippen molar-refractivity contribution < 1.29 is 9.53 Å². The summed E-state index contributed by atoms with van der Waals surface area (Å²) in [7, 11) is 1.35. The Hall–Kier alpha value is -2.92. The van der Waals surface area contributed by atoms with E-state index in [2.05, 4.69) is 16.9 Å². The average Bonchev–Trinajstić information content (AvgIpc) is 3.11. The van der Waals surface area contributed by atoms with Crippen LogP contribution < -0.4 is 5.73 Å². The Kier molecular flexibility index (Phi) is 5.26. The molecule has 0 aliphatic carbocycles. The van der Waals surface area contributed by atoms with Crippen molar-refractivity contribution in [3.05, 3.63) is 72.4 Å². The zero-order valence-electron chi connectivity index (χ0n) is 14.1. The topological polar surface area (TPSA) is 70.1 Å². The molecule has 0 radical (unpaired) electrons. The van der Waals surface area contributed by atoms with Gasteiger partial charge >= 0.3 is 5.97 Å². The number of esters is 1. The third-order valence-corrected chi connectivity index (χ3v) is 4.05. The van der Waals surface area contributed by atoms with E-state index in [1.54, 1.807) is 0 Å². The van der Waals surface area contributed by atoms with Crippen LogP contribution in [0.5, 0.6) is 0 Å². The fourth-order valence-corrected chi connectivity index (χ4v) is 2.71. The zero-order chi connectivity index (χ0) is 17.6. The molecule has 1 heterocycles. The molecule has 3 aromatic rings. The van der Waals surface area contributed by atoms with Gasteiger partial charge in [-0.05, 0) is 31.0 Å². The highest BCUT2D eigenvalue weighted by atomic mass is 16.5. The molecule has 5 heteroatoms. The van der Waals surface area contributed by atoms with Gasteiger partial charge in [0, 0.05) is 5.56 Å². The summed E-state index contributed by atoms with van der Waals surface area (Å²) in [5.74, 6) is -0.397. The number of aromatic nitrogens is 2. The maximum atomic E-state index is 11.5. The van der Waals surface area contributed by atoms with E-state index >= 15 is 0 Å². The Labute approximate surface area is 147 Å². The number of carbonyl (C=O) groups excluding carboxylic acids is 1. The van der Waals surface area contributed by atoms with Crippen LogP contribution in [-0.4, -0.2) is 28.9 Å². The van der Waals surface area contributed by atoms with Crippen molar-refractivity contribution in [2.75, 3.05) is 7.11 Å². The van der Waals surface area contributed by atoms with Crippen LogP contribution in [0.25, 0.3) is 16.9 Å². The van der Waals surface area contributed by atoms with Gasteiger partial charge < -0.3 is 10.5 Å². The molecule has 0 amide bonds. The van der Waals surface area contributed by atoms with Gasteiger partial charge in [0.1, 0.15) is 6.04 Å². The summed E-state index contributed by atoms with van der Waals surface area (Å²) in [4.78, 5) is 11.5. The molecule has 5 nitrogen and oxygen atoms in total. The standard InChI is InChI=1S/C20H21N3O2/c1-25-20(24)18(21)13-12-16-14-19(15-8-4-2-5-9-15)23(22-16)17-10-6-3-7-11-17/h2-11,14,18H,12-13,21H2,1H3/t18-/m1/s1. The molecule has 0 saturated carbocycles. The summed E-state index contributed by atoms with van der Waals surface area (Å²) >= 11 is 0. The van der Waals surface area contributed by atoms with Crippen LogP contribution in [0.15, 0.2) is 66.7 Å². The van der Waals surface area contributed by atoms with Crippen molar-refractivity contribution in [3.63, 3.8) is 0 Å². The molecule has 1 atom stereocenters. The second kappa shape index (κ2) is 7.77. The van der Waals surface area contributed by atoms with E-state index in [-0.39, 0.29) is 0 Å². The number of nitrogens with two attached hydrogens (primary N) is 1. The quantitative estimate of drug-likeness (QED) is 0.703. The summed E-state index contributed by atoms with van der Waals surface area (Å²) in [6.45, 7) is 0. The largest absolute Gasteiger partial charge is 0.468 e. The predicted molar refractivity (Wildman–Crippen MR) is 97.3 cm³/mol. The van der Waals surface area contributed by atoms with E-state index in [1.807, 2.05) is 59.3 Å². The van der Waals surface area contributed by atoms with Gasteiger partial charge in [0.25, 0.3) is 0 Å². The molecule has 0 aliphatic heterocycles. The Bertz CT molecular complexity index is 772. The molecule has 3 rings (SSSR count). The second-order valence-corrected chi connectivity index (χ2v) is 5.80. The predicted octanol–water partition coefficient (Wildman–Crippen LogP) is 2.97. The summed E-state index contributed by atoms with van der Waals surface area (Å²) in [5, 5.41) is 4.72. The molecule has 2 aromatic carbocycles. The van der Waals surface area contributed by atoms with E-state index in [9.17, 15) is 4.79 Å². The van der Waals surface area contributed by atoms with Gasteiger partial charge in [-0.25, -0.2) is 4.68 Å². The number of benzene rings is 2. The number of hydrogen-bond acceptors (Lipinski definition) is 4. The lowest BCUT2D eigenvalue weighted by molar-refractivity contribution is -0.142. The van der Waals surface area contributed by atoms with Crippen LogP contribution in [0.3, 0.4) is 0 Å². The summed E-state index contributed by atoms with van der Waals surface area (Å²) < 4.78 is 6.60. The number of para-hydroxylation sites is 1. The van der Waals surface area contributed by atoms with Crippen molar-refractivity contribution in [1.29, 1.82) is 0 Å². The van der Waals surface area contributed by atoms with Gasteiger partial charge in [0.15, 0.2) is 0 Å². The lowest BCUT2D eigenvalue weighted by Crippen LogP contribution is -2.31. The van der Waals surface area contributed by atoms with Crippen LogP contribution in [0.1, 0.15) is 12.1 Å². The number of nitrogens with zero attached hydrogens (tertiary/aromatic N) is 2. The Morgan fingerprint density at radius 2 is 1.76 bits per heavy atom. The number of methoxy groups -OCH3 is 1. The summed E-state index contributed by atoms with van der Waals surface area (Å²) in [6, 6.07) is 21.5. The molecule has 25 heavy (non-hydrogen) atoms. The van der Waals surface area contributed by atoms with Crippen LogP contribution >= 0.6 is 0 Å². The molecule has 0 fully saturated rings. The molecule has 0 saturated heterocycles. The molecule has 128 valence electrons. The van der Waals surface area contributed by atoms with Crippen molar-refractivity contribution in [1.82, 2.24) is 9.78 Å². The third-order valence-electron chi connectivity index (χ3n) is 4.05. The highest BCUT2D eigenvalue weighted by Crippen LogP contribution is 2.24. The first-order chi connectivity index (χ1) is 12.2. The van der Waals surface area contributed by atoms with E-state index in [0.717, 1.165) is 22.6 Å². The maximum absolute atomic E-state index is 11.5. The SMILES string of the molecule is COC(=O)[C@H](N)CCc1cc(-c2ccccc2)n(-c2ccccc2)n1. The van der Waals surface area contributed by atoms with E-state index in [1.165, 1.54) is 7.11 Å². The minimum atomic E-state index is -0.632. The maximum Gasteiger partial charge on any atom is 0.322 e. The monoisotopic (exact) mass is 335 g/mol. The first-order valence-electron chi connectivity index (χ1n) is 8.22. The highest BCUT2D eigenvalue weighted by Gasteiger charge is 2.16. The second-order valence-electron chi connectivity index (χ2n) is 5.80. The third kappa shape index (κ3) is 3.95. The number of hydrogen-bond donors (Lipinski definition) is 1. The fourth-order valence-electron chi connectivity index (χ4n) is 2.71. The van der Waals surface area contributed by atoms with Crippen molar-refractivity contribution in [2.24, 2.45) is 5.73 Å². The first-order valence-corrected chi connectivity index (χ1v) is 8.22. The van der Waals surface area contributed by atoms with E-state index in [4.69, 9.17) is 10.8 Å². The normalized spacial score (nSPS) is 11.9. The van der Waals surface area contributed by atoms with E-state index in [0.29, 0.717) is 12.8 Å². The van der Waals surface area contributed by atoms with Gasteiger partial charge in [-0.1, -0.05) is 48.5 Å². The minimum Gasteiger partial charge on any atom is -0.468 e. The lowest BCUT2D eigenvalue weighted by Gasteiger charge is -2.07. The Morgan fingerprint density at radius 3 is 2.40 bits per heavy atom.